The molecule has 0 bridgehead atoms. The molecule has 0 N–H and O–H groups in total. The number of aliphatic carboxylic acids is 2. The number of nitrogens with zero attached hydrogens (tertiary/aromatic N) is 2. The van der Waals surface area contributed by atoms with Crippen LogP contribution in [-0.4, -0.2) is 39.9 Å². The average molecular weight is 398 g/mol. The molecule has 0 radical (unpaired) electrons. The summed E-state index contributed by atoms with van der Waals surface area (Å²) in [5.41, 5.74) is 1.37. The van der Waals surface area contributed by atoms with Gasteiger partial charge < -0.3 is 29.6 Å². The molecule has 2 unspecified atom stereocenters. The third-order valence-electron chi connectivity index (χ3n) is 4.34. The van der Waals surface area contributed by atoms with Crippen molar-refractivity contribution in [1.29, 1.82) is 0 Å². The van der Waals surface area contributed by atoms with Crippen molar-refractivity contribution in [1.82, 2.24) is 9.80 Å². The molecule has 0 saturated carbocycles. The quantitative estimate of drug-likeness (QED) is 0.450. The van der Waals surface area contributed by atoms with E-state index in [1.807, 2.05) is 0 Å². The zero-order valence-corrected chi connectivity index (χ0v) is 19.8. The molecule has 2 aromatic rings. The molecule has 0 aromatic heterocycles. The van der Waals surface area contributed by atoms with E-state index in [4.69, 9.17) is 0 Å². The number of carboxylic acid groups (broad SMARTS) is 2. The van der Waals surface area contributed by atoms with Crippen molar-refractivity contribution in [3.8, 4) is 0 Å². The van der Waals surface area contributed by atoms with E-state index >= 15 is 0 Å². The minimum Gasteiger partial charge on any atom is -0.548 e. The van der Waals surface area contributed by atoms with Gasteiger partial charge >= 0.3 is 65.1 Å². The van der Waals surface area contributed by atoms with Crippen LogP contribution in [0.1, 0.15) is 11.1 Å². The smallest absolute Gasteiger partial charge is 0.548 e. The standard InChI is InChI=1S/C19H18N2O5.2Na/c22-17(23)15-16(18(24)25)21(12-14-9-5-2-6-10-14)19(26)20(15)11-13-7-3-1-4-8-13;;/h1-10,15-16H,11-12H2,(H,22,23)(H,24,25);;/q;2*+1/p-2. The first kappa shape index (κ1) is 24.7. The Morgan fingerprint density at radius 1 is 0.714 bits per heavy atom. The van der Waals surface area contributed by atoms with E-state index in [2.05, 4.69) is 0 Å². The Balaban J connectivity index is 0.00000196. The van der Waals surface area contributed by atoms with Crippen LogP contribution in [0.25, 0.3) is 0 Å². The molecule has 7 nitrogen and oxygen atoms in total. The van der Waals surface area contributed by atoms with Crippen LogP contribution in [0, 0.1) is 0 Å². The maximum Gasteiger partial charge on any atom is 1.00 e. The Bertz CT molecular complexity index is 752. The molecule has 2 aromatic carbocycles. The van der Waals surface area contributed by atoms with Gasteiger partial charge in [0.15, 0.2) is 0 Å². The van der Waals surface area contributed by atoms with Crippen molar-refractivity contribution in [3.05, 3.63) is 71.8 Å². The number of rotatable bonds is 6. The van der Waals surface area contributed by atoms with E-state index in [-0.39, 0.29) is 72.2 Å². The monoisotopic (exact) mass is 398 g/mol. The Hall–Kier alpha value is -1.35. The van der Waals surface area contributed by atoms with E-state index in [0.717, 1.165) is 9.80 Å². The second kappa shape index (κ2) is 11.0. The molecule has 3 rings (SSSR count). The first-order valence-electron chi connectivity index (χ1n) is 8.06. The molecule has 1 saturated heterocycles. The first-order valence-corrected chi connectivity index (χ1v) is 8.06. The van der Waals surface area contributed by atoms with E-state index in [9.17, 15) is 24.6 Å². The largest absolute Gasteiger partial charge is 1.00 e. The summed E-state index contributed by atoms with van der Waals surface area (Å²) in [4.78, 5) is 38.1. The zero-order valence-electron chi connectivity index (χ0n) is 15.8. The molecule has 9 heteroatoms. The molecule has 1 aliphatic rings. The normalized spacial score (nSPS) is 18.2. The molecule has 28 heavy (non-hydrogen) atoms. The van der Waals surface area contributed by atoms with Crippen LogP contribution in [0.15, 0.2) is 60.7 Å². The number of hydrogen-bond acceptors (Lipinski definition) is 5. The molecule has 134 valence electrons. The van der Waals surface area contributed by atoms with Gasteiger partial charge in [-0.2, -0.15) is 0 Å². The number of carbonyl (C=O) groups excluding carboxylic acids is 3. The number of carboxylic acids is 2. The van der Waals surface area contributed by atoms with Crippen molar-refractivity contribution < 1.29 is 83.7 Å². The Labute approximate surface area is 206 Å². The maximum atomic E-state index is 12.8. The summed E-state index contributed by atoms with van der Waals surface area (Å²) >= 11 is 0. The molecule has 0 aliphatic carbocycles. The number of carbonyl (C=O) groups is 3. The average Bonchev–Trinajstić information content (AvgIpc) is 2.90. The summed E-state index contributed by atoms with van der Waals surface area (Å²) in [7, 11) is 0. The molecular weight excluding hydrogens is 382 g/mol. The van der Waals surface area contributed by atoms with Gasteiger partial charge in [-0.15, -0.1) is 0 Å². The summed E-state index contributed by atoms with van der Waals surface area (Å²) in [6.45, 7) is -0.0687. The van der Waals surface area contributed by atoms with E-state index in [0.29, 0.717) is 11.1 Å². The third-order valence-corrected chi connectivity index (χ3v) is 4.34. The Morgan fingerprint density at radius 2 is 1.04 bits per heavy atom. The van der Waals surface area contributed by atoms with E-state index in [1.54, 1.807) is 60.7 Å². The summed E-state index contributed by atoms with van der Waals surface area (Å²) in [6, 6.07) is 13.6. The van der Waals surface area contributed by atoms with Crippen molar-refractivity contribution in [2.24, 2.45) is 0 Å². The molecule has 0 spiro atoms. The van der Waals surface area contributed by atoms with Gasteiger partial charge in [0.2, 0.25) is 0 Å². The zero-order chi connectivity index (χ0) is 18.7. The van der Waals surface area contributed by atoms with E-state index in [1.165, 1.54) is 0 Å². The van der Waals surface area contributed by atoms with Gasteiger partial charge in [0.1, 0.15) is 0 Å². The van der Waals surface area contributed by atoms with Gasteiger partial charge in [-0.1, -0.05) is 60.7 Å². The van der Waals surface area contributed by atoms with Crippen molar-refractivity contribution in [2.75, 3.05) is 0 Å². The SMILES string of the molecule is O=C([O-])C1C(C(=O)[O-])N(Cc2ccccc2)C(=O)N1Cc1ccccc1.[Na+].[Na+]. The second-order valence-corrected chi connectivity index (χ2v) is 6.04. The molecule has 1 heterocycles. The summed E-state index contributed by atoms with van der Waals surface area (Å²) in [5.74, 6) is -3.25. The Kier molecular flexibility index (Phi) is 9.69. The fourth-order valence-electron chi connectivity index (χ4n) is 3.15. The fraction of sp³-hybridized carbons (Fsp3) is 0.211. The third kappa shape index (κ3) is 5.37. The van der Waals surface area contributed by atoms with Crippen molar-refractivity contribution in [3.63, 3.8) is 0 Å². The molecular formula is C19H16N2Na2O5. The van der Waals surface area contributed by atoms with Gasteiger partial charge in [-0.3, -0.25) is 0 Å². The summed E-state index contributed by atoms with van der Waals surface area (Å²) in [6.07, 6.45) is 0. The summed E-state index contributed by atoms with van der Waals surface area (Å²) in [5, 5.41) is 23.3. The predicted molar refractivity (Wildman–Crippen MR) is 87.0 cm³/mol. The van der Waals surface area contributed by atoms with Gasteiger partial charge in [-0.25, -0.2) is 4.79 Å². The van der Waals surface area contributed by atoms with Crippen LogP contribution in [0.2, 0.25) is 0 Å². The van der Waals surface area contributed by atoms with Crippen LogP contribution < -0.4 is 69.3 Å². The number of hydrogen-bond donors (Lipinski definition) is 0. The molecule has 2 atom stereocenters. The van der Waals surface area contributed by atoms with Gasteiger partial charge in [0, 0.05) is 13.1 Å². The molecule has 2 amide bonds. The van der Waals surface area contributed by atoms with Crippen LogP contribution in [0.5, 0.6) is 0 Å². The minimum atomic E-state index is -1.63. The van der Waals surface area contributed by atoms with Crippen LogP contribution >= 0.6 is 0 Å². The molecule has 1 fully saturated rings. The first-order chi connectivity index (χ1) is 12.5. The minimum absolute atomic E-state index is 0. The van der Waals surface area contributed by atoms with Gasteiger partial charge in [0.25, 0.3) is 0 Å². The number of amides is 2. The van der Waals surface area contributed by atoms with Gasteiger partial charge in [0.05, 0.1) is 24.0 Å². The number of urea groups is 1. The fourth-order valence-corrected chi connectivity index (χ4v) is 3.15. The van der Waals surface area contributed by atoms with Crippen LogP contribution in [-0.2, 0) is 22.7 Å². The summed E-state index contributed by atoms with van der Waals surface area (Å²) < 4.78 is 0. The van der Waals surface area contributed by atoms with Crippen molar-refractivity contribution >= 4 is 18.0 Å². The van der Waals surface area contributed by atoms with Crippen LogP contribution in [0.4, 0.5) is 4.79 Å². The Morgan fingerprint density at radius 3 is 1.32 bits per heavy atom. The second-order valence-electron chi connectivity index (χ2n) is 6.04. The van der Waals surface area contributed by atoms with E-state index < -0.39 is 30.1 Å². The van der Waals surface area contributed by atoms with Crippen LogP contribution in [0.3, 0.4) is 0 Å². The van der Waals surface area contributed by atoms with Gasteiger partial charge in [-0.05, 0) is 11.1 Å². The topological polar surface area (TPSA) is 104 Å². The van der Waals surface area contributed by atoms with Crippen molar-refractivity contribution in [2.45, 2.75) is 25.2 Å². The number of benzene rings is 2. The maximum absolute atomic E-state index is 12.8. The predicted octanol–water partition coefficient (Wildman–Crippen LogP) is -6.63. The molecule has 1 aliphatic heterocycles.